The highest BCUT2D eigenvalue weighted by Gasteiger charge is 2.14. The summed E-state index contributed by atoms with van der Waals surface area (Å²) in [7, 11) is 3.59. The van der Waals surface area contributed by atoms with Crippen molar-refractivity contribution in [1.29, 1.82) is 0 Å². The van der Waals surface area contributed by atoms with Gasteiger partial charge in [-0.1, -0.05) is 13.0 Å². The number of nitrogens with zero attached hydrogens (tertiary/aromatic N) is 1. The number of benzene rings is 1. The van der Waals surface area contributed by atoms with Gasteiger partial charge in [0.1, 0.15) is 5.75 Å². The Kier molecular flexibility index (Phi) is 5.01. The van der Waals surface area contributed by atoms with Crippen LogP contribution in [0.1, 0.15) is 18.9 Å². The molecule has 0 fully saturated rings. The molecule has 0 radical (unpaired) electrons. The molecule has 0 saturated carbocycles. The van der Waals surface area contributed by atoms with Crippen LogP contribution in [0.3, 0.4) is 0 Å². The van der Waals surface area contributed by atoms with Crippen molar-refractivity contribution < 1.29 is 14.6 Å². The summed E-state index contributed by atoms with van der Waals surface area (Å²) in [5, 5.41) is 8.87. The molecule has 0 amide bonds. The summed E-state index contributed by atoms with van der Waals surface area (Å²) in [6.45, 7) is 4.44. The molecule has 0 aliphatic carbocycles. The minimum atomic E-state index is -0.750. The van der Waals surface area contributed by atoms with Gasteiger partial charge < -0.3 is 14.7 Å². The number of aliphatic carboxylic acids is 1. The lowest BCUT2D eigenvalue weighted by atomic mass is 10.1. The van der Waals surface area contributed by atoms with Gasteiger partial charge in [-0.15, -0.1) is 0 Å². The number of hydrogen-bond acceptors (Lipinski definition) is 3. The largest absolute Gasteiger partial charge is 0.495 e. The zero-order chi connectivity index (χ0) is 13.7. The third-order valence-electron chi connectivity index (χ3n) is 3.06. The Hall–Kier alpha value is -1.71. The Balaban J connectivity index is 2.74. The number of rotatable bonds is 6. The van der Waals surface area contributed by atoms with Crippen molar-refractivity contribution in [3.63, 3.8) is 0 Å². The monoisotopic (exact) mass is 251 g/mol. The average molecular weight is 251 g/mol. The smallest absolute Gasteiger partial charge is 0.306 e. The molecule has 1 aromatic carbocycles. The minimum Gasteiger partial charge on any atom is -0.495 e. The molecule has 0 heterocycles. The number of hydrogen-bond donors (Lipinski definition) is 1. The van der Waals surface area contributed by atoms with Crippen molar-refractivity contribution in [2.45, 2.75) is 20.3 Å². The van der Waals surface area contributed by atoms with E-state index in [-0.39, 0.29) is 5.92 Å². The zero-order valence-electron chi connectivity index (χ0n) is 11.4. The highest BCUT2D eigenvalue weighted by molar-refractivity contribution is 5.69. The van der Waals surface area contributed by atoms with Gasteiger partial charge in [0, 0.05) is 13.6 Å². The van der Waals surface area contributed by atoms with E-state index in [1.165, 1.54) is 0 Å². The molecule has 100 valence electrons. The standard InChI is InChI=1S/C14H21NO3/c1-10-5-6-13(18-4)12(9-10)15(3)8-7-11(2)14(16)17/h5-6,9,11H,7-8H2,1-4H3,(H,16,17). The maximum atomic E-state index is 10.8. The number of aryl methyl sites for hydroxylation is 1. The van der Waals surface area contributed by atoms with E-state index in [1.54, 1.807) is 14.0 Å². The van der Waals surface area contributed by atoms with Gasteiger partial charge in [-0.3, -0.25) is 4.79 Å². The number of ether oxygens (including phenoxy) is 1. The van der Waals surface area contributed by atoms with Crippen molar-refractivity contribution in [1.82, 2.24) is 0 Å². The van der Waals surface area contributed by atoms with Crippen molar-refractivity contribution in [2.75, 3.05) is 25.6 Å². The van der Waals surface area contributed by atoms with E-state index in [0.717, 1.165) is 17.0 Å². The van der Waals surface area contributed by atoms with Gasteiger partial charge in [0.05, 0.1) is 18.7 Å². The maximum Gasteiger partial charge on any atom is 0.306 e. The van der Waals surface area contributed by atoms with E-state index in [0.29, 0.717) is 13.0 Å². The maximum absolute atomic E-state index is 10.8. The molecule has 1 rings (SSSR count). The summed E-state index contributed by atoms with van der Waals surface area (Å²) >= 11 is 0. The van der Waals surface area contributed by atoms with Crippen LogP contribution in [-0.4, -0.2) is 31.8 Å². The quantitative estimate of drug-likeness (QED) is 0.844. The lowest BCUT2D eigenvalue weighted by Gasteiger charge is -2.23. The second kappa shape index (κ2) is 6.28. The van der Waals surface area contributed by atoms with E-state index < -0.39 is 5.97 Å². The predicted molar refractivity (Wildman–Crippen MR) is 72.4 cm³/mol. The first-order chi connectivity index (χ1) is 8.45. The van der Waals surface area contributed by atoms with Crippen LogP contribution < -0.4 is 9.64 Å². The van der Waals surface area contributed by atoms with Crippen LogP contribution in [0.4, 0.5) is 5.69 Å². The second-order valence-electron chi connectivity index (χ2n) is 4.62. The first kappa shape index (κ1) is 14.4. The summed E-state index contributed by atoms with van der Waals surface area (Å²) in [5.74, 6) is -0.270. The van der Waals surface area contributed by atoms with Gasteiger partial charge in [0.25, 0.3) is 0 Å². The van der Waals surface area contributed by atoms with E-state index in [1.807, 2.05) is 37.1 Å². The summed E-state index contributed by atoms with van der Waals surface area (Å²) in [4.78, 5) is 12.8. The molecule has 4 heteroatoms. The van der Waals surface area contributed by atoms with E-state index >= 15 is 0 Å². The topological polar surface area (TPSA) is 49.8 Å². The van der Waals surface area contributed by atoms with Crippen LogP contribution in [-0.2, 0) is 4.79 Å². The molecular formula is C14H21NO3. The number of anilines is 1. The van der Waals surface area contributed by atoms with Gasteiger partial charge in [-0.05, 0) is 31.0 Å². The van der Waals surface area contributed by atoms with E-state index in [2.05, 4.69) is 0 Å². The van der Waals surface area contributed by atoms with Crippen LogP contribution in [0, 0.1) is 12.8 Å². The van der Waals surface area contributed by atoms with Crippen LogP contribution in [0.25, 0.3) is 0 Å². The molecule has 0 saturated heterocycles. The molecule has 18 heavy (non-hydrogen) atoms. The second-order valence-corrected chi connectivity index (χ2v) is 4.62. The fraction of sp³-hybridized carbons (Fsp3) is 0.500. The van der Waals surface area contributed by atoms with Gasteiger partial charge >= 0.3 is 5.97 Å². The molecule has 0 bridgehead atoms. The van der Waals surface area contributed by atoms with Crippen molar-refractivity contribution in [3.05, 3.63) is 23.8 Å². The third kappa shape index (κ3) is 3.65. The Morgan fingerprint density at radius 3 is 2.72 bits per heavy atom. The first-order valence-corrected chi connectivity index (χ1v) is 6.04. The fourth-order valence-corrected chi connectivity index (χ4v) is 1.73. The fourth-order valence-electron chi connectivity index (χ4n) is 1.73. The molecule has 1 N–H and O–H groups in total. The van der Waals surface area contributed by atoms with Crippen molar-refractivity contribution >= 4 is 11.7 Å². The first-order valence-electron chi connectivity index (χ1n) is 6.04. The van der Waals surface area contributed by atoms with Crippen LogP contribution in [0.2, 0.25) is 0 Å². The zero-order valence-corrected chi connectivity index (χ0v) is 11.4. The lowest BCUT2D eigenvalue weighted by molar-refractivity contribution is -0.141. The van der Waals surface area contributed by atoms with Crippen LogP contribution >= 0.6 is 0 Å². The summed E-state index contributed by atoms with van der Waals surface area (Å²) < 4.78 is 5.32. The number of carbonyl (C=O) groups is 1. The average Bonchev–Trinajstić information content (AvgIpc) is 2.35. The van der Waals surface area contributed by atoms with E-state index in [9.17, 15) is 4.79 Å². The highest BCUT2D eigenvalue weighted by Crippen LogP contribution is 2.28. The SMILES string of the molecule is COc1ccc(C)cc1N(C)CCC(C)C(=O)O. The summed E-state index contributed by atoms with van der Waals surface area (Å²) in [6, 6.07) is 5.97. The normalized spacial score (nSPS) is 12.0. The Morgan fingerprint density at radius 1 is 1.50 bits per heavy atom. The molecule has 1 unspecified atom stereocenters. The van der Waals surface area contributed by atoms with Crippen molar-refractivity contribution in [3.8, 4) is 5.75 Å². The third-order valence-corrected chi connectivity index (χ3v) is 3.06. The molecule has 0 aliphatic heterocycles. The Labute approximate surface area is 108 Å². The van der Waals surface area contributed by atoms with Gasteiger partial charge in [0.2, 0.25) is 0 Å². The minimum absolute atomic E-state index is 0.330. The number of carboxylic acids is 1. The number of carboxylic acid groups (broad SMARTS) is 1. The van der Waals surface area contributed by atoms with Crippen molar-refractivity contribution in [2.24, 2.45) is 5.92 Å². The van der Waals surface area contributed by atoms with Crippen LogP contribution in [0.5, 0.6) is 5.75 Å². The number of methoxy groups -OCH3 is 1. The van der Waals surface area contributed by atoms with Gasteiger partial charge in [-0.2, -0.15) is 0 Å². The molecule has 1 aromatic rings. The molecule has 0 aliphatic rings. The molecule has 0 aromatic heterocycles. The molecule has 4 nitrogen and oxygen atoms in total. The Bertz CT molecular complexity index is 418. The van der Waals surface area contributed by atoms with Crippen LogP contribution in [0.15, 0.2) is 18.2 Å². The molecular weight excluding hydrogens is 230 g/mol. The molecule has 1 atom stereocenters. The van der Waals surface area contributed by atoms with Gasteiger partial charge in [0.15, 0.2) is 0 Å². The summed E-state index contributed by atoms with van der Waals surface area (Å²) in [6.07, 6.45) is 0.614. The highest BCUT2D eigenvalue weighted by atomic mass is 16.5. The van der Waals surface area contributed by atoms with E-state index in [4.69, 9.17) is 9.84 Å². The molecule has 0 spiro atoms. The summed E-state index contributed by atoms with van der Waals surface area (Å²) in [5.41, 5.74) is 2.15. The lowest BCUT2D eigenvalue weighted by Crippen LogP contribution is -2.23. The predicted octanol–water partition coefficient (Wildman–Crippen LogP) is 2.55. The van der Waals surface area contributed by atoms with Gasteiger partial charge in [-0.25, -0.2) is 0 Å². The Morgan fingerprint density at radius 2 is 2.17 bits per heavy atom.